The van der Waals surface area contributed by atoms with E-state index in [0.717, 1.165) is 15.6 Å². The second-order valence-corrected chi connectivity index (χ2v) is 8.11. The van der Waals surface area contributed by atoms with Crippen LogP contribution < -0.4 is 0 Å². The van der Waals surface area contributed by atoms with Gasteiger partial charge in [0.05, 0.1) is 10.4 Å². The smallest absolute Gasteiger partial charge is 0.322 e. The van der Waals surface area contributed by atoms with E-state index in [1.807, 2.05) is 0 Å². The molecule has 0 aromatic carbocycles. The average Bonchev–Trinajstić information content (AvgIpc) is 2.84. The first kappa shape index (κ1) is 14.7. The molecule has 0 radical (unpaired) electrons. The number of sulfonamides is 1. The maximum atomic E-state index is 12.4. The van der Waals surface area contributed by atoms with Crippen molar-refractivity contribution in [3.63, 3.8) is 0 Å². The van der Waals surface area contributed by atoms with Crippen molar-refractivity contribution >= 4 is 38.9 Å². The van der Waals surface area contributed by atoms with Crippen molar-refractivity contribution in [2.24, 2.45) is 0 Å². The fourth-order valence-corrected chi connectivity index (χ4v) is 5.42. The summed E-state index contributed by atoms with van der Waals surface area (Å²) in [5, 5.41) is 18.5. The minimum atomic E-state index is -3.94. The van der Waals surface area contributed by atoms with Crippen LogP contribution in [0.15, 0.2) is 10.3 Å². The van der Waals surface area contributed by atoms with E-state index < -0.39 is 28.1 Å². The molecule has 1 aromatic rings. The summed E-state index contributed by atoms with van der Waals surface area (Å²) in [6.07, 6.45) is -1.07. The van der Waals surface area contributed by atoms with E-state index in [4.69, 9.17) is 16.7 Å². The molecule has 106 valence electrons. The van der Waals surface area contributed by atoms with E-state index in [9.17, 15) is 18.3 Å². The van der Waals surface area contributed by atoms with Gasteiger partial charge in [-0.15, -0.1) is 11.3 Å². The normalized spacial score (nSPS) is 24.8. The van der Waals surface area contributed by atoms with Gasteiger partial charge in [-0.2, -0.15) is 4.31 Å². The van der Waals surface area contributed by atoms with Crippen molar-refractivity contribution in [2.45, 2.75) is 29.7 Å². The van der Waals surface area contributed by atoms with Gasteiger partial charge in [0.15, 0.2) is 0 Å². The zero-order chi connectivity index (χ0) is 14.4. The molecule has 1 saturated heterocycles. The third kappa shape index (κ3) is 2.63. The fourth-order valence-electron chi connectivity index (χ4n) is 1.95. The lowest BCUT2D eigenvalue weighted by Crippen LogP contribution is -2.40. The molecule has 2 rings (SSSR count). The summed E-state index contributed by atoms with van der Waals surface area (Å²) >= 11 is 6.72. The molecule has 1 unspecified atom stereocenters. The number of aryl methyl sites for hydroxylation is 1. The molecular weight excluding hydrogens is 314 g/mol. The summed E-state index contributed by atoms with van der Waals surface area (Å²) in [5.41, 5.74) is 0.622. The van der Waals surface area contributed by atoms with Crippen LogP contribution in [0, 0.1) is 6.92 Å². The first-order valence-corrected chi connectivity index (χ1v) is 8.05. The Hall–Kier alpha value is -0.670. The van der Waals surface area contributed by atoms with E-state index in [0.29, 0.717) is 9.90 Å². The zero-order valence-electron chi connectivity index (χ0n) is 9.91. The van der Waals surface area contributed by atoms with Crippen LogP contribution >= 0.6 is 22.9 Å². The highest BCUT2D eigenvalue weighted by Crippen LogP contribution is 2.34. The highest BCUT2D eigenvalue weighted by atomic mass is 35.5. The summed E-state index contributed by atoms with van der Waals surface area (Å²) in [7, 11) is -3.94. The summed E-state index contributed by atoms with van der Waals surface area (Å²) in [6, 6.07) is 0.174. The van der Waals surface area contributed by atoms with Crippen LogP contribution in [-0.2, 0) is 14.8 Å². The number of rotatable bonds is 3. The molecule has 2 N–H and O–H groups in total. The number of hydrogen-bond donors (Lipinski definition) is 2. The lowest BCUT2D eigenvalue weighted by Gasteiger charge is -2.19. The van der Waals surface area contributed by atoms with Crippen molar-refractivity contribution in [2.75, 3.05) is 6.54 Å². The van der Waals surface area contributed by atoms with Crippen LogP contribution in [0.1, 0.15) is 12.0 Å². The minimum absolute atomic E-state index is 0.00431. The van der Waals surface area contributed by atoms with Crippen molar-refractivity contribution in [3.05, 3.63) is 16.0 Å². The fraction of sp³-hybridized carbons (Fsp3) is 0.500. The number of aliphatic carboxylic acids is 1. The van der Waals surface area contributed by atoms with Crippen molar-refractivity contribution in [3.8, 4) is 0 Å². The number of nitrogens with zero attached hydrogens (tertiary/aromatic N) is 1. The number of halogens is 1. The second kappa shape index (κ2) is 5.02. The van der Waals surface area contributed by atoms with Crippen molar-refractivity contribution < 1.29 is 23.4 Å². The van der Waals surface area contributed by atoms with E-state index in [-0.39, 0.29) is 17.2 Å². The molecule has 0 aliphatic carbocycles. The Kier molecular flexibility index (Phi) is 3.90. The Labute approximate surface area is 119 Å². The van der Waals surface area contributed by atoms with Gasteiger partial charge in [-0.25, -0.2) is 8.42 Å². The van der Waals surface area contributed by atoms with E-state index in [2.05, 4.69) is 0 Å². The third-order valence-corrected chi connectivity index (χ3v) is 6.80. The van der Waals surface area contributed by atoms with Gasteiger partial charge < -0.3 is 10.2 Å². The van der Waals surface area contributed by atoms with Gasteiger partial charge in [-0.3, -0.25) is 4.79 Å². The lowest BCUT2D eigenvalue weighted by molar-refractivity contribution is -0.140. The molecule has 6 nitrogen and oxygen atoms in total. The Morgan fingerprint density at radius 3 is 2.68 bits per heavy atom. The quantitative estimate of drug-likeness (QED) is 0.861. The van der Waals surface area contributed by atoms with Crippen LogP contribution in [0.2, 0.25) is 4.34 Å². The molecule has 0 amide bonds. The van der Waals surface area contributed by atoms with Crippen LogP contribution in [0.25, 0.3) is 0 Å². The second-order valence-electron chi connectivity index (χ2n) is 4.34. The Morgan fingerprint density at radius 2 is 2.21 bits per heavy atom. The predicted octanol–water partition coefficient (Wildman–Crippen LogP) is 0.918. The molecule has 2 heterocycles. The Bertz CT molecular complexity index is 592. The number of β-amino-alcohol motifs (C(OH)–C–C–N with tert-alkyl or cyclic N) is 1. The minimum Gasteiger partial charge on any atom is -0.480 e. The van der Waals surface area contributed by atoms with Crippen LogP contribution in [0.5, 0.6) is 0 Å². The van der Waals surface area contributed by atoms with E-state index in [1.54, 1.807) is 6.92 Å². The zero-order valence-corrected chi connectivity index (χ0v) is 12.3. The van der Waals surface area contributed by atoms with E-state index >= 15 is 0 Å². The SMILES string of the molecule is Cc1cc(S(=O)(=O)N2CC(O)C[C@H]2C(=O)O)sc1Cl. The number of hydrogen-bond acceptors (Lipinski definition) is 5. The number of thiophene rings is 1. The monoisotopic (exact) mass is 325 g/mol. The van der Waals surface area contributed by atoms with Gasteiger partial charge in [0.25, 0.3) is 10.0 Å². The van der Waals surface area contributed by atoms with Crippen LogP contribution in [0.4, 0.5) is 0 Å². The highest BCUT2D eigenvalue weighted by molar-refractivity contribution is 7.91. The van der Waals surface area contributed by atoms with Gasteiger partial charge in [-0.05, 0) is 18.6 Å². The van der Waals surface area contributed by atoms with Crippen molar-refractivity contribution in [1.29, 1.82) is 0 Å². The maximum Gasteiger partial charge on any atom is 0.322 e. The first-order valence-electron chi connectivity index (χ1n) is 5.42. The predicted molar refractivity (Wildman–Crippen MR) is 70.0 cm³/mol. The highest BCUT2D eigenvalue weighted by Gasteiger charge is 2.44. The summed E-state index contributed by atoms with van der Waals surface area (Å²) in [4.78, 5) is 11.1. The topological polar surface area (TPSA) is 94.9 Å². The largest absolute Gasteiger partial charge is 0.480 e. The molecule has 0 spiro atoms. The molecule has 9 heteroatoms. The molecule has 2 atom stereocenters. The third-order valence-electron chi connectivity index (χ3n) is 2.92. The van der Waals surface area contributed by atoms with Gasteiger partial charge in [0, 0.05) is 13.0 Å². The van der Waals surface area contributed by atoms with Gasteiger partial charge in [0.2, 0.25) is 0 Å². The summed E-state index contributed by atoms with van der Waals surface area (Å²) in [6.45, 7) is 1.46. The molecule has 1 aliphatic rings. The molecule has 1 aromatic heterocycles. The maximum absolute atomic E-state index is 12.4. The number of carbonyl (C=O) groups is 1. The number of carboxylic acids is 1. The van der Waals surface area contributed by atoms with Crippen LogP contribution in [0.3, 0.4) is 0 Å². The van der Waals surface area contributed by atoms with Gasteiger partial charge >= 0.3 is 5.97 Å². The first-order chi connectivity index (χ1) is 8.73. The molecule has 1 aliphatic heterocycles. The Morgan fingerprint density at radius 1 is 1.58 bits per heavy atom. The molecular formula is C10H12ClNO5S2. The number of aliphatic hydroxyl groups excluding tert-OH is 1. The van der Waals surface area contributed by atoms with Gasteiger partial charge in [-0.1, -0.05) is 11.6 Å². The van der Waals surface area contributed by atoms with E-state index in [1.165, 1.54) is 6.07 Å². The number of aliphatic hydroxyl groups is 1. The number of carboxylic acid groups (broad SMARTS) is 1. The summed E-state index contributed by atoms with van der Waals surface area (Å²) in [5.74, 6) is -1.26. The Balaban J connectivity index is 2.41. The van der Waals surface area contributed by atoms with Crippen LogP contribution in [-0.4, -0.2) is 47.6 Å². The standard InChI is InChI=1S/C10H12ClNO5S2/c1-5-2-8(18-9(5)11)19(16,17)12-4-6(13)3-7(12)10(14)15/h2,6-7,13H,3-4H2,1H3,(H,14,15)/t6?,7-/m0/s1. The summed E-state index contributed by atoms with van der Waals surface area (Å²) < 4.78 is 25.9. The molecule has 1 fully saturated rings. The molecule has 0 bridgehead atoms. The average molecular weight is 326 g/mol. The molecule has 0 saturated carbocycles. The van der Waals surface area contributed by atoms with Crippen molar-refractivity contribution in [1.82, 2.24) is 4.31 Å². The van der Waals surface area contributed by atoms with Gasteiger partial charge in [0.1, 0.15) is 10.3 Å². The lowest BCUT2D eigenvalue weighted by atomic mass is 10.2. The molecule has 19 heavy (non-hydrogen) atoms.